The first-order valence-electron chi connectivity index (χ1n) is 11.4. The molecule has 1 fully saturated rings. The van der Waals surface area contributed by atoms with Crippen LogP contribution in [0.25, 0.3) is 0 Å². The highest BCUT2D eigenvalue weighted by Crippen LogP contribution is 2.45. The minimum atomic E-state index is -0.974. The zero-order valence-corrected chi connectivity index (χ0v) is 19.1. The number of aliphatic hydroxyl groups is 1. The minimum absolute atomic E-state index is 0.245. The van der Waals surface area contributed by atoms with Gasteiger partial charge in [-0.25, -0.2) is 4.98 Å². The summed E-state index contributed by atoms with van der Waals surface area (Å²) < 4.78 is 5.81. The first-order chi connectivity index (χ1) is 15.2. The van der Waals surface area contributed by atoms with Crippen molar-refractivity contribution in [2.24, 2.45) is 5.92 Å². The number of nitrogens with one attached hydrogen (secondary N) is 1. The summed E-state index contributed by atoms with van der Waals surface area (Å²) in [6, 6.07) is 20.1. The van der Waals surface area contributed by atoms with E-state index >= 15 is 0 Å². The molecule has 4 nitrogen and oxygen atoms in total. The quantitative estimate of drug-likeness (QED) is 0.471. The van der Waals surface area contributed by atoms with E-state index in [1.807, 2.05) is 66.9 Å². The fraction of sp³-hybridized carbons (Fsp3) is 0.423. The number of nitrogens with zero attached hydrogens (tertiary/aromatic N) is 1. The standard InChI is InChI=1S/C26H32N2O2S/c1-28(17-10-18-30-23-15-6-3-7-16-23)20-24-19-27-25(31-24)26(29,22-13-8-9-14-22)21-11-4-2-5-12-21/h2-7,11-12,15-16,19,22,29H,8-10,13-14,17-18,20H2,1H3/p+1. The second kappa shape index (κ2) is 10.4. The molecule has 4 rings (SSSR count). The maximum Gasteiger partial charge on any atom is 0.144 e. The SMILES string of the molecule is C[NH+](CCCOc1ccccc1)Cc1cnc(C(O)(c2ccccc2)C2CCCC2)s1. The van der Waals surface area contributed by atoms with E-state index in [0.717, 1.165) is 55.3 Å². The molecular formula is C26H33N2O2S+. The van der Waals surface area contributed by atoms with Gasteiger partial charge in [0.2, 0.25) is 0 Å². The van der Waals surface area contributed by atoms with Gasteiger partial charge in [-0.15, -0.1) is 11.3 Å². The van der Waals surface area contributed by atoms with E-state index in [1.165, 1.54) is 22.6 Å². The maximum absolute atomic E-state index is 11.9. The molecule has 31 heavy (non-hydrogen) atoms. The number of aromatic nitrogens is 1. The fourth-order valence-corrected chi connectivity index (χ4v) is 5.82. The van der Waals surface area contributed by atoms with Crippen LogP contribution in [0.4, 0.5) is 0 Å². The van der Waals surface area contributed by atoms with Gasteiger partial charge in [0, 0.05) is 12.6 Å². The van der Waals surface area contributed by atoms with E-state index in [9.17, 15) is 5.11 Å². The Morgan fingerprint density at radius 1 is 1.06 bits per heavy atom. The van der Waals surface area contributed by atoms with Crippen molar-refractivity contribution in [1.29, 1.82) is 0 Å². The monoisotopic (exact) mass is 437 g/mol. The van der Waals surface area contributed by atoms with Crippen LogP contribution in [0.1, 0.15) is 47.6 Å². The highest BCUT2D eigenvalue weighted by Gasteiger charge is 2.43. The molecule has 0 saturated heterocycles. The number of quaternary nitrogens is 1. The van der Waals surface area contributed by atoms with Crippen molar-refractivity contribution >= 4 is 11.3 Å². The van der Waals surface area contributed by atoms with E-state index in [-0.39, 0.29) is 5.92 Å². The molecule has 0 bridgehead atoms. The zero-order valence-electron chi connectivity index (χ0n) is 18.3. The van der Waals surface area contributed by atoms with E-state index in [2.05, 4.69) is 7.05 Å². The molecule has 1 heterocycles. The fourth-order valence-electron chi connectivity index (χ4n) is 4.60. The topological polar surface area (TPSA) is 46.8 Å². The summed E-state index contributed by atoms with van der Waals surface area (Å²) in [4.78, 5) is 7.38. The van der Waals surface area contributed by atoms with Gasteiger partial charge < -0.3 is 14.7 Å². The largest absolute Gasteiger partial charge is 0.493 e. The Labute approximate surface area is 189 Å². The molecule has 2 unspecified atom stereocenters. The van der Waals surface area contributed by atoms with Crippen LogP contribution in [0.2, 0.25) is 0 Å². The summed E-state index contributed by atoms with van der Waals surface area (Å²) in [5.74, 6) is 1.17. The Morgan fingerprint density at radius 2 is 1.74 bits per heavy atom. The van der Waals surface area contributed by atoms with E-state index < -0.39 is 5.60 Å². The van der Waals surface area contributed by atoms with Crippen molar-refractivity contribution in [3.8, 4) is 5.75 Å². The molecule has 5 heteroatoms. The molecule has 0 radical (unpaired) electrons. The zero-order chi connectivity index (χ0) is 21.5. The van der Waals surface area contributed by atoms with Crippen LogP contribution in [0.5, 0.6) is 5.75 Å². The van der Waals surface area contributed by atoms with Crippen LogP contribution in [0, 0.1) is 5.92 Å². The number of thiazole rings is 1. The molecule has 3 aromatic rings. The van der Waals surface area contributed by atoms with Crippen LogP contribution in [-0.2, 0) is 12.1 Å². The van der Waals surface area contributed by atoms with Crippen LogP contribution in [0.3, 0.4) is 0 Å². The van der Waals surface area contributed by atoms with Gasteiger partial charge in [0.05, 0.1) is 25.1 Å². The highest BCUT2D eigenvalue weighted by atomic mass is 32.1. The predicted octanol–water partition coefficient (Wildman–Crippen LogP) is 4.05. The Balaban J connectivity index is 1.37. The van der Waals surface area contributed by atoms with E-state index in [0.29, 0.717) is 0 Å². The number of ether oxygens (including phenoxy) is 1. The normalized spacial score (nSPS) is 17.4. The molecule has 1 aliphatic rings. The molecule has 0 amide bonds. The maximum atomic E-state index is 11.9. The van der Waals surface area contributed by atoms with Crippen molar-refractivity contribution < 1.29 is 14.7 Å². The summed E-state index contributed by atoms with van der Waals surface area (Å²) in [7, 11) is 2.21. The molecule has 2 N–H and O–H groups in total. The third kappa shape index (κ3) is 5.35. The average Bonchev–Trinajstić information content (AvgIpc) is 3.51. The molecular weight excluding hydrogens is 404 g/mol. The van der Waals surface area contributed by atoms with Crippen molar-refractivity contribution in [3.05, 3.63) is 82.3 Å². The number of hydrogen-bond acceptors (Lipinski definition) is 4. The van der Waals surface area contributed by atoms with Crippen molar-refractivity contribution in [2.75, 3.05) is 20.2 Å². The second-order valence-corrected chi connectivity index (χ2v) is 9.76. The summed E-state index contributed by atoms with van der Waals surface area (Å²) in [5.41, 5.74) is -0.000433. The molecule has 0 spiro atoms. The molecule has 0 aliphatic heterocycles. The predicted molar refractivity (Wildman–Crippen MR) is 126 cm³/mol. The van der Waals surface area contributed by atoms with Gasteiger partial charge in [-0.1, -0.05) is 61.4 Å². The van der Waals surface area contributed by atoms with Gasteiger partial charge in [-0.3, -0.25) is 0 Å². The van der Waals surface area contributed by atoms with Gasteiger partial charge in [0.1, 0.15) is 22.9 Å². The molecule has 2 aromatic carbocycles. The molecule has 1 aromatic heterocycles. The first-order valence-corrected chi connectivity index (χ1v) is 12.2. The van der Waals surface area contributed by atoms with Crippen LogP contribution < -0.4 is 9.64 Å². The third-order valence-electron chi connectivity index (χ3n) is 6.28. The lowest BCUT2D eigenvalue weighted by molar-refractivity contribution is -0.893. The summed E-state index contributed by atoms with van der Waals surface area (Å²) in [5, 5.41) is 12.8. The highest BCUT2D eigenvalue weighted by molar-refractivity contribution is 7.11. The first kappa shape index (κ1) is 22.0. The Hall–Kier alpha value is -2.21. The third-order valence-corrected chi connectivity index (χ3v) is 7.40. The van der Waals surface area contributed by atoms with Gasteiger partial charge in [0.15, 0.2) is 0 Å². The van der Waals surface area contributed by atoms with Crippen molar-refractivity contribution in [3.63, 3.8) is 0 Å². The Bertz CT molecular complexity index is 925. The summed E-state index contributed by atoms with van der Waals surface area (Å²) in [6.07, 6.45) is 7.47. The lowest BCUT2D eigenvalue weighted by Crippen LogP contribution is -3.07. The molecule has 1 aliphatic carbocycles. The lowest BCUT2D eigenvalue weighted by Gasteiger charge is -2.32. The molecule has 2 atom stereocenters. The number of benzene rings is 2. The Kier molecular flexibility index (Phi) is 7.38. The van der Waals surface area contributed by atoms with Crippen LogP contribution >= 0.6 is 11.3 Å². The molecule has 1 saturated carbocycles. The van der Waals surface area contributed by atoms with Gasteiger partial charge >= 0.3 is 0 Å². The van der Waals surface area contributed by atoms with Crippen molar-refractivity contribution in [2.45, 2.75) is 44.2 Å². The van der Waals surface area contributed by atoms with E-state index in [1.54, 1.807) is 11.3 Å². The minimum Gasteiger partial charge on any atom is -0.493 e. The summed E-state index contributed by atoms with van der Waals surface area (Å²) >= 11 is 1.67. The van der Waals surface area contributed by atoms with Gasteiger partial charge in [-0.05, 0) is 36.5 Å². The van der Waals surface area contributed by atoms with Crippen LogP contribution in [0.15, 0.2) is 66.9 Å². The Morgan fingerprint density at radius 3 is 2.45 bits per heavy atom. The van der Waals surface area contributed by atoms with E-state index in [4.69, 9.17) is 9.72 Å². The van der Waals surface area contributed by atoms with Crippen molar-refractivity contribution in [1.82, 2.24) is 4.98 Å². The smallest absolute Gasteiger partial charge is 0.144 e. The van der Waals surface area contributed by atoms with Gasteiger partial charge in [-0.2, -0.15) is 0 Å². The van der Waals surface area contributed by atoms with Gasteiger partial charge in [0.25, 0.3) is 0 Å². The second-order valence-electron chi connectivity index (χ2n) is 8.64. The number of para-hydroxylation sites is 1. The lowest BCUT2D eigenvalue weighted by atomic mass is 9.80. The summed E-state index contributed by atoms with van der Waals surface area (Å²) in [6.45, 7) is 2.68. The number of hydrogen-bond donors (Lipinski definition) is 2. The number of rotatable bonds is 10. The molecule has 164 valence electrons. The van der Waals surface area contributed by atoms with Crippen LogP contribution in [-0.4, -0.2) is 30.3 Å². The average molecular weight is 438 g/mol.